The van der Waals surface area contributed by atoms with Crippen molar-refractivity contribution in [2.45, 2.75) is 0 Å². The molecule has 0 aliphatic heterocycles. The van der Waals surface area contributed by atoms with Crippen LogP contribution in [0.25, 0.3) is 0 Å². The van der Waals surface area contributed by atoms with Crippen LogP contribution in [0.15, 0.2) is 36.0 Å². The number of hydrogen-bond acceptors (Lipinski definition) is 5. The minimum absolute atomic E-state index is 0.0217. The number of benzene rings is 1. The van der Waals surface area contributed by atoms with E-state index >= 15 is 0 Å². The zero-order valence-electron chi connectivity index (χ0n) is 9.90. The number of ether oxygens (including phenoxy) is 2. The maximum atomic E-state index is 11.5. The molecule has 18 heavy (non-hydrogen) atoms. The average molecular weight is 361 g/mol. The van der Waals surface area contributed by atoms with Crippen molar-refractivity contribution in [1.29, 1.82) is 0 Å². The summed E-state index contributed by atoms with van der Waals surface area (Å²) in [4.78, 5) is 22.7. The lowest BCUT2D eigenvalue weighted by Crippen LogP contribution is -2.15. The van der Waals surface area contributed by atoms with Crippen LogP contribution >= 0.6 is 22.6 Å². The Morgan fingerprint density at radius 1 is 1.22 bits per heavy atom. The summed E-state index contributed by atoms with van der Waals surface area (Å²) in [6.45, 7) is 0. The molecule has 0 saturated heterocycles. The van der Waals surface area contributed by atoms with Crippen molar-refractivity contribution < 1.29 is 19.1 Å². The number of para-hydroxylation sites is 1. The molecule has 0 amide bonds. The van der Waals surface area contributed by atoms with E-state index in [2.05, 4.69) is 37.4 Å². The van der Waals surface area contributed by atoms with Gasteiger partial charge in [0.25, 0.3) is 0 Å². The number of esters is 2. The van der Waals surface area contributed by atoms with Crippen molar-refractivity contribution >= 4 is 40.2 Å². The first-order valence-electron chi connectivity index (χ1n) is 4.98. The molecule has 0 radical (unpaired) electrons. The summed E-state index contributed by atoms with van der Waals surface area (Å²) in [5.41, 5.74) is 0.729. The molecule has 0 fully saturated rings. The fourth-order valence-corrected chi connectivity index (χ4v) is 1.66. The molecule has 96 valence electrons. The van der Waals surface area contributed by atoms with E-state index in [0.29, 0.717) is 5.69 Å². The number of rotatable bonds is 4. The first-order valence-corrected chi connectivity index (χ1v) is 6.06. The van der Waals surface area contributed by atoms with Gasteiger partial charge in [-0.3, -0.25) is 0 Å². The standard InChI is InChI=1S/C12H12INO4/c1-17-11(15)7-10(12(16)18-2)14-9-6-4-3-5-8(9)13/h3-7,14H,1-2H3. The number of halogens is 1. The van der Waals surface area contributed by atoms with Crippen molar-refractivity contribution in [3.05, 3.63) is 39.6 Å². The van der Waals surface area contributed by atoms with Crippen LogP contribution in [-0.2, 0) is 19.1 Å². The van der Waals surface area contributed by atoms with Crippen LogP contribution in [0.5, 0.6) is 0 Å². The van der Waals surface area contributed by atoms with E-state index in [1.54, 1.807) is 6.07 Å². The lowest BCUT2D eigenvalue weighted by Gasteiger charge is -2.10. The van der Waals surface area contributed by atoms with Crippen LogP contribution in [0, 0.1) is 3.57 Å². The van der Waals surface area contributed by atoms with Crippen LogP contribution in [0.1, 0.15) is 0 Å². The molecule has 1 aromatic rings. The van der Waals surface area contributed by atoms with E-state index in [9.17, 15) is 9.59 Å². The Morgan fingerprint density at radius 2 is 1.89 bits per heavy atom. The summed E-state index contributed by atoms with van der Waals surface area (Å²) in [5.74, 6) is -1.27. The Morgan fingerprint density at radius 3 is 2.44 bits per heavy atom. The highest BCUT2D eigenvalue weighted by atomic mass is 127. The number of nitrogens with one attached hydrogen (secondary N) is 1. The summed E-state index contributed by atoms with van der Waals surface area (Å²) in [7, 11) is 2.48. The van der Waals surface area contributed by atoms with Crippen molar-refractivity contribution in [2.24, 2.45) is 0 Å². The average Bonchev–Trinajstić information content (AvgIpc) is 2.39. The highest BCUT2D eigenvalue weighted by Gasteiger charge is 2.13. The fraction of sp³-hybridized carbons (Fsp3) is 0.167. The van der Waals surface area contributed by atoms with Crippen molar-refractivity contribution in [2.75, 3.05) is 19.5 Å². The molecule has 0 saturated carbocycles. The number of carbonyl (C=O) groups is 2. The summed E-state index contributed by atoms with van der Waals surface area (Å²) < 4.78 is 9.98. The minimum Gasteiger partial charge on any atom is -0.466 e. The van der Waals surface area contributed by atoms with Crippen molar-refractivity contribution in [3.8, 4) is 0 Å². The van der Waals surface area contributed by atoms with Gasteiger partial charge < -0.3 is 14.8 Å². The lowest BCUT2D eigenvalue weighted by molar-refractivity contribution is -0.138. The van der Waals surface area contributed by atoms with Gasteiger partial charge in [-0.2, -0.15) is 0 Å². The summed E-state index contributed by atoms with van der Waals surface area (Å²) in [6, 6.07) is 7.35. The number of carbonyl (C=O) groups excluding carboxylic acids is 2. The van der Waals surface area contributed by atoms with Gasteiger partial charge in [0.05, 0.1) is 26.0 Å². The molecule has 0 aliphatic rings. The van der Waals surface area contributed by atoms with Gasteiger partial charge in [-0.1, -0.05) is 12.1 Å². The second kappa shape index (κ2) is 7.00. The first kappa shape index (κ1) is 14.5. The highest BCUT2D eigenvalue weighted by Crippen LogP contribution is 2.19. The van der Waals surface area contributed by atoms with Crippen LogP contribution in [0.3, 0.4) is 0 Å². The third kappa shape index (κ3) is 4.02. The SMILES string of the molecule is COC(=O)C=C(Nc1ccccc1I)C(=O)OC. The molecular formula is C12H12INO4. The van der Waals surface area contributed by atoms with Gasteiger partial charge in [-0.15, -0.1) is 0 Å². The Kier molecular flexibility index (Phi) is 5.63. The van der Waals surface area contributed by atoms with Gasteiger partial charge in [0.15, 0.2) is 0 Å². The smallest absolute Gasteiger partial charge is 0.354 e. The zero-order valence-corrected chi connectivity index (χ0v) is 12.1. The third-order valence-corrected chi connectivity index (χ3v) is 2.95. The fourth-order valence-electron chi connectivity index (χ4n) is 1.14. The zero-order chi connectivity index (χ0) is 13.5. The van der Waals surface area contributed by atoms with Crippen molar-refractivity contribution in [1.82, 2.24) is 0 Å². The molecule has 0 aromatic heterocycles. The molecule has 0 bridgehead atoms. The predicted molar refractivity (Wildman–Crippen MR) is 74.9 cm³/mol. The van der Waals surface area contributed by atoms with Gasteiger partial charge >= 0.3 is 11.9 Å². The van der Waals surface area contributed by atoms with Crippen molar-refractivity contribution in [3.63, 3.8) is 0 Å². The molecule has 5 nitrogen and oxygen atoms in total. The van der Waals surface area contributed by atoms with E-state index in [1.165, 1.54) is 14.2 Å². The molecule has 0 aliphatic carbocycles. The van der Waals surface area contributed by atoms with Gasteiger partial charge in [0.2, 0.25) is 0 Å². The molecular weight excluding hydrogens is 349 g/mol. The topological polar surface area (TPSA) is 64.6 Å². The number of methoxy groups -OCH3 is 2. The molecule has 0 heterocycles. The van der Waals surface area contributed by atoms with Gasteiger partial charge in [-0.05, 0) is 34.7 Å². The molecule has 1 aromatic carbocycles. The van der Waals surface area contributed by atoms with Gasteiger partial charge in [0.1, 0.15) is 5.70 Å². The van der Waals surface area contributed by atoms with E-state index in [1.807, 2.05) is 18.2 Å². The Hall–Kier alpha value is -1.57. The largest absolute Gasteiger partial charge is 0.466 e. The van der Waals surface area contributed by atoms with E-state index in [4.69, 9.17) is 0 Å². The Labute approximate surface area is 118 Å². The Bertz CT molecular complexity index is 485. The predicted octanol–water partition coefficient (Wildman–Crippen LogP) is 1.93. The van der Waals surface area contributed by atoms with Crippen LogP contribution in [0.4, 0.5) is 5.69 Å². The molecule has 0 unspecified atom stereocenters. The first-order chi connectivity index (χ1) is 8.58. The quantitative estimate of drug-likeness (QED) is 0.505. The highest BCUT2D eigenvalue weighted by molar-refractivity contribution is 14.1. The molecule has 6 heteroatoms. The Balaban J connectivity index is 3.00. The van der Waals surface area contributed by atoms with Crippen LogP contribution in [0.2, 0.25) is 0 Å². The molecule has 1 rings (SSSR count). The minimum atomic E-state index is -0.639. The molecule has 0 atom stereocenters. The van der Waals surface area contributed by atoms with E-state index in [0.717, 1.165) is 9.65 Å². The molecule has 0 spiro atoms. The maximum Gasteiger partial charge on any atom is 0.354 e. The summed E-state index contributed by atoms with van der Waals surface area (Å²) in [5, 5.41) is 2.84. The van der Waals surface area contributed by atoms with Gasteiger partial charge in [0, 0.05) is 3.57 Å². The second-order valence-corrected chi connectivity index (χ2v) is 4.34. The summed E-state index contributed by atoms with van der Waals surface area (Å²) in [6.07, 6.45) is 1.05. The monoisotopic (exact) mass is 361 g/mol. The van der Waals surface area contributed by atoms with Crippen LogP contribution < -0.4 is 5.32 Å². The van der Waals surface area contributed by atoms with E-state index < -0.39 is 11.9 Å². The second-order valence-electron chi connectivity index (χ2n) is 3.18. The third-order valence-electron chi connectivity index (χ3n) is 2.01. The normalized spacial score (nSPS) is 10.7. The number of hydrogen-bond donors (Lipinski definition) is 1. The summed E-state index contributed by atoms with van der Waals surface area (Å²) >= 11 is 2.11. The van der Waals surface area contributed by atoms with Crippen LogP contribution in [-0.4, -0.2) is 26.2 Å². The molecule has 1 N–H and O–H groups in total. The van der Waals surface area contributed by atoms with E-state index in [-0.39, 0.29) is 5.70 Å². The lowest BCUT2D eigenvalue weighted by atomic mass is 10.3. The van der Waals surface area contributed by atoms with Gasteiger partial charge in [-0.25, -0.2) is 9.59 Å². The maximum absolute atomic E-state index is 11.5. The number of anilines is 1.